The molecule has 4 aromatic rings. The van der Waals surface area contributed by atoms with Crippen LogP contribution in [0.25, 0.3) is 0 Å². The van der Waals surface area contributed by atoms with Gasteiger partial charge in [-0.2, -0.15) is 0 Å². The van der Waals surface area contributed by atoms with Crippen molar-refractivity contribution in [2.45, 2.75) is 69.5 Å². The number of amides is 2. The van der Waals surface area contributed by atoms with Crippen LogP contribution in [-0.2, 0) is 32.6 Å². The highest BCUT2D eigenvalue weighted by Gasteiger charge is 2.35. The lowest BCUT2D eigenvalue weighted by Crippen LogP contribution is -2.54. The molecule has 1 fully saturated rings. The van der Waals surface area contributed by atoms with Gasteiger partial charge in [-0.05, 0) is 97.5 Å². The number of carbonyl (C=O) groups is 2. The highest BCUT2D eigenvalue weighted by Crippen LogP contribution is 2.28. The Hall–Kier alpha value is -4.34. The number of methoxy groups -OCH3 is 1. The standard InChI is InChI=1S/C38H42ClN3O5S/c1-27-16-19-33(22-28(27)2)42(48(45,46)35-20-17-31(39)18-21-35)26-37(43)41(25-30-12-9-15-34(23-30)47-3)36(24-29-10-5-4-6-11-29)38(44)40-32-13-7-8-14-32/h4-6,9-12,15-23,32,36H,7-8,13-14,24-26H2,1-3H3,(H,40,44). The van der Waals surface area contributed by atoms with Gasteiger partial charge in [-0.1, -0.05) is 73.0 Å². The molecule has 0 spiro atoms. The first kappa shape index (κ1) is 35.0. The van der Waals surface area contributed by atoms with E-state index in [1.807, 2.05) is 74.5 Å². The molecule has 1 atom stereocenters. The first-order chi connectivity index (χ1) is 23.0. The quantitative estimate of drug-likeness (QED) is 0.166. The highest BCUT2D eigenvalue weighted by molar-refractivity contribution is 7.92. The molecule has 4 aromatic carbocycles. The number of nitrogens with one attached hydrogen (secondary N) is 1. The molecule has 10 heteroatoms. The van der Waals surface area contributed by atoms with Crippen molar-refractivity contribution in [3.63, 3.8) is 0 Å². The van der Waals surface area contributed by atoms with Crippen molar-refractivity contribution in [3.05, 3.63) is 124 Å². The molecule has 8 nitrogen and oxygen atoms in total. The molecule has 0 radical (unpaired) electrons. The number of hydrogen-bond donors (Lipinski definition) is 1. The monoisotopic (exact) mass is 687 g/mol. The zero-order valence-electron chi connectivity index (χ0n) is 27.6. The summed E-state index contributed by atoms with van der Waals surface area (Å²) in [5.74, 6) is -0.173. The summed E-state index contributed by atoms with van der Waals surface area (Å²) >= 11 is 6.10. The predicted octanol–water partition coefficient (Wildman–Crippen LogP) is 6.86. The number of halogens is 1. The van der Waals surface area contributed by atoms with Crippen LogP contribution >= 0.6 is 11.6 Å². The third-order valence-electron chi connectivity index (χ3n) is 8.92. The van der Waals surface area contributed by atoms with E-state index >= 15 is 0 Å². The second-order valence-corrected chi connectivity index (χ2v) is 14.6. The van der Waals surface area contributed by atoms with Crippen molar-refractivity contribution >= 4 is 39.1 Å². The molecule has 0 heterocycles. The average Bonchev–Trinajstić information content (AvgIpc) is 3.60. The van der Waals surface area contributed by atoms with Gasteiger partial charge < -0.3 is 15.0 Å². The fourth-order valence-electron chi connectivity index (χ4n) is 6.03. The average molecular weight is 688 g/mol. The van der Waals surface area contributed by atoms with Crippen LogP contribution in [0, 0.1) is 13.8 Å². The molecule has 1 saturated carbocycles. The minimum Gasteiger partial charge on any atom is -0.497 e. The largest absolute Gasteiger partial charge is 0.497 e. The van der Waals surface area contributed by atoms with Crippen LogP contribution in [0.15, 0.2) is 102 Å². The summed E-state index contributed by atoms with van der Waals surface area (Å²) < 4.78 is 35.1. The molecule has 5 rings (SSSR count). The lowest BCUT2D eigenvalue weighted by molar-refractivity contribution is -0.140. The number of nitrogens with zero attached hydrogens (tertiary/aromatic N) is 2. The van der Waals surface area contributed by atoms with Crippen molar-refractivity contribution < 1.29 is 22.7 Å². The smallest absolute Gasteiger partial charge is 0.264 e. The molecule has 1 aliphatic rings. The number of hydrogen-bond acceptors (Lipinski definition) is 5. The van der Waals surface area contributed by atoms with Gasteiger partial charge in [-0.3, -0.25) is 13.9 Å². The van der Waals surface area contributed by atoms with Gasteiger partial charge in [0.1, 0.15) is 18.3 Å². The zero-order valence-corrected chi connectivity index (χ0v) is 29.1. The van der Waals surface area contributed by atoms with Gasteiger partial charge in [-0.15, -0.1) is 0 Å². The molecule has 0 aliphatic heterocycles. The van der Waals surface area contributed by atoms with Crippen LogP contribution in [0.2, 0.25) is 5.02 Å². The van der Waals surface area contributed by atoms with E-state index in [9.17, 15) is 18.0 Å². The van der Waals surface area contributed by atoms with E-state index in [4.69, 9.17) is 16.3 Å². The van der Waals surface area contributed by atoms with Crippen LogP contribution in [-0.4, -0.2) is 50.9 Å². The summed E-state index contributed by atoms with van der Waals surface area (Å²) in [5.41, 5.74) is 3.83. The number of benzene rings is 4. The number of rotatable bonds is 13. The van der Waals surface area contributed by atoms with Gasteiger partial charge in [-0.25, -0.2) is 8.42 Å². The Morgan fingerprint density at radius 2 is 1.56 bits per heavy atom. The highest BCUT2D eigenvalue weighted by atomic mass is 35.5. The first-order valence-electron chi connectivity index (χ1n) is 16.2. The molecule has 252 valence electrons. The minimum absolute atomic E-state index is 0.00270. The summed E-state index contributed by atoms with van der Waals surface area (Å²) in [6.45, 7) is 3.37. The second-order valence-electron chi connectivity index (χ2n) is 12.3. The number of aryl methyl sites for hydroxylation is 2. The zero-order chi connectivity index (χ0) is 34.3. The fourth-order valence-corrected chi connectivity index (χ4v) is 7.56. The van der Waals surface area contributed by atoms with Gasteiger partial charge in [0.05, 0.1) is 17.7 Å². The maximum absolute atomic E-state index is 14.7. The van der Waals surface area contributed by atoms with Crippen LogP contribution < -0.4 is 14.4 Å². The topological polar surface area (TPSA) is 96.0 Å². The van der Waals surface area contributed by atoms with Gasteiger partial charge in [0.15, 0.2) is 0 Å². The van der Waals surface area contributed by atoms with Crippen LogP contribution in [0.3, 0.4) is 0 Å². The van der Waals surface area contributed by atoms with Crippen molar-refractivity contribution in [2.24, 2.45) is 0 Å². The summed E-state index contributed by atoms with van der Waals surface area (Å²) in [5, 5.41) is 3.59. The summed E-state index contributed by atoms with van der Waals surface area (Å²) in [4.78, 5) is 30.4. The Kier molecular flexibility index (Phi) is 11.4. The number of carbonyl (C=O) groups excluding carboxylic acids is 2. The molecule has 1 unspecified atom stereocenters. The molecule has 1 aliphatic carbocycles. The normalized spacial score (nSPS) is 13.9. The van der Waals surface area contributed by atoms with E-state index < -0.39 is 28.5 Å². The van der Waals surface area contributed by atoms with Crippen molar-refractivity contribution in [3.8, 4) is 5.75 Å². The van der Waals surface area contributed by atoms with E-state index in [0.717, 1.165) is 52.2 Å². The lowest BCUT2D eigenvalue weighted by atomic mass is 10.0. The van der Waals surface area contributed by atoms with Gasteiger partial charge >= 0.3 is 0 Å². The van der Waals surface area contributed by atoms with Crippen LogP contribution in [0.4, 0.5) is 5.69 Å². The molecule has 0 bridgehead atoms. The Morgan fingerprint density at radius 1 is 0.875 bits per heavy atom. The van der Waals surface area contributed by atoms with Crippen molar-refractivity contribution in [1.29, 1.82) is 0 Å². The van der Waals surface area contributed by atoms with Crippen LogP contribution in [0.1, 0.15) is 47.9 Å². The molecule has 1 N–H and O–H groups in total. The molecular formula is C38H42ClN3O5S. The van der Waals surface area contributed by atoms with Crippen LogP contribution in [0.5, 0.6) is 5.75 Å². The summed E-state index contributed by atoms with van der Waals surface area (Å²) in [6, 6.07) is 27.2. The van der Waals surface area contributed by atoms with E-state index in [2.05, 4.69) is 5.32 Å². The minimum atomic E-state index is -4.23. The molecular weight excluding hydrogens is 646 g/mol. The molecule has 0 saturated heterocycles. The molecule has 0 aromatic heterocycles. The summed E-state index contributed by atoms with van der Waals surface area (Å²) in [6.07, 6.45) is 4.09. The van der Waals surface area contributed by atoms with E-state index in [1.54, 1.807) is 19.2 Å². The lowest BCUT2D eigenvalue weighted by Gasteiger charge is -2.34. The second kappa shape index (κ2) is 15.7. The fraction of sp³-hybridized carbons (Fsp3) is 0.316. The Bertz CT molecular complexity index is 1830. The summed E-state index contributed by atoms with van der Waals surface area (Å²) in [7, 11) is -2.66. The van der Waals surface area contributed by atoms with Gasteiger partial charge in [0, 0.05) is 24.0 Å². The third-order valence-corrected chi connectivity index (χ3v) is 11.0. The number of ether oxygens (including phenoxy) is 1. The van der Waals surface area contributed by atoms with Crippen molar-refractivity contribution in [2.75, 3.05) is 18.0 Å². The Labute approximate surface area is 288 Å². The number of sulfonamides is 1. The first-order valence-corrected chi connectivity index (χ1v) is 18.0. The predicted molar refractivity (Wildman–Crippen MR) is 190 cm³/mol. The number of anilines is 1. The van der Waals surface area contributed by atoms with E-state index in [-0.39, 0.29) is 29.8 Å². The SMILES string of the molecule is COc1cccc(CN(C(=O)CN(c2ccc(C)c(C)c2)S(=O)(=O)c2ccc(Cl)cc2)C(Cc2ccccc2)C(=O)NC2CCCC2)c1. The third kappa shape index (κ3) is 8.57. The molecule has 48 heavy (non-hydrogen) atoms. The Morgan fingerprint density at radius 3 is 2.23 bits per heavy atom. The maximum atomic E-state index is 14.7. The molecule has 2 amide bonds. The van der Waals surface area contributed by atoms with E-state index in [0.29, 0.717) is 16.5 Å². The van der Waals surface area contributed by atoms with Gasteiger partial charge in [0.25, 0.3) is 10.0 Å². The Balaban J connectivity index is 1.59. The van der Waals surface area contributed by atoms with E-state index in [1.165, 1.54) is 29.2 Å². The van der Waals surface area contributed by atoms with Crippen molar-refractivity contribution in [1.82, 2.24) is 10.2 Å². The van der Waals surface area contributed by atoms with Gasteiger partial charge in [0.2, 0.25) is 11.8 Å². The maximum Gasteiger partial charge on any atom is 0.264 e.